The first-order valence-electron chi connectivity index (χ1n) is 8.55. The molecule has 0 bridgehead atoms. The van der Waals surface area contributed by atoms with Crippen molar-refractivity contribution in [3.63, 3.8) is 0 Å². The number of hydrogen-bond acceptors (Lipinski definition) is 4. The third-order valence-electron chi connectivity index (χ3n) is 4.59. The summed E-state index contributed by atoms with van der Waals surface area (Å²) in [4.78, 5) is 25.8. The van der Waals surface area contributed by atoms with Crippen LogP contribution < -0.4 is 5.56 Å². The molecule has 28 heavy (non-hydrogen) atoms. The Balaban J connectivity index is 2.19. The van der Waals surface area contributed by atoms with E-state index in [1.54, 1.807) is 24.3 Å². The van der Waals surface area contributed by atoms with Crippen LogP contribution in [0.2, 0.25) is 0 Å². The van der Waals surface area contributed by atoms with Crippen LogP contribution in [-0.4, -0.2) is 15.5 Å². The number of aryl methyl sites for hydroxylation is 1. The highest BCUT2D eigenvalue weighted by Crippen LogP contribution is 2.26. The first kappa shape index (κ1) is 19.6. The Bertz CT molecular complexity index is 1150. The normalized spacial score (nSPS) is 10.5. The van der Waals surface area contributed by atoms with Crippen molar-refractivity contribution in [3.8, 4) is 11.9 Å². The summed E-state index contributed by atoms with van der Waals surface area (Å²) in [5, 5.41) is 20.3. The van der Waals surface area contributed by atoms with Crippen LogP contribution in [0, 0.1) is 25.2 Å². The summed E-state index contributed by atoms with van der Waals surface area (Å²) in [6.45, 7) is 3.50. The van der Waals surface area contributed by atoms with E-state index in [1.165, 1.54) is 6.92 Å². The number of nitriles is 1. The number of carbonyl (C=O) groups excluding carboxylic acids is 1. The van der Waals surface area contributed by atoms with Crippen molar-refractivity contribution in [3.05, 3.63) is 96.7 Å². The lowest BCUT2D eigenvalue weighted by Crippen LogP contribution is -2.27. The number of ketones is 1. The number of benzene rings is 2. The van der Waals surface area contributed by atoms with Crippen molar-refractivity contribution in [1.29, 1.82) is 5.26 Å². The predicted octanol–water partition coefficient (Wildman–Crippen LogP) is 4.08. The lowest BCUT2D eigenvalue weighted by molar-refractivity contribution is 0.103. The maximum absolute atomic E-state index is 13.0. The van der Waals surface area contributed by atoms with Gasteiger partial charge in [0.15, 0.2) is 5.78 Å². The molecular weight excluding hydrogens is 420 g/mol. The number of pyridine rings is 1. The number of rotatable bonds is 4. The Morgan fingerprint density at radius 3 is 2.29 bits per heavy atom. The van der Waals surface area contributed by atoms with E-state index >= 15 is 0 Å². The Morgan fingerprint density at radius 2 is 1.71 bits per heavy atom. The Morgan fingerprint density at radius 1 is 1.11 bits per heavy atom. The molecule has 0 aliphatic heterocycles. The quantitative estimate of drug-likeness (QED) is 0.624. The molecule has 1 aromatic heterocycles. The van der Waals surface area contributed by atoms with Crippen molar-refractivity contribution in [2.75, 3.05) is 0 Å². The monoisotopic (exact) mass is 436 g/mol. The van der Waals surface area contributed by atoms with Gasteiger partial charge in [-0.2, -0.15) is 5.26 Å². The molecule has 1 N–H and O–H groups in total. The minimum atomic E-state index is -0.620. The first-order valence-corrected chi connectivity index (χ1v) is 9.35. The highest BCUT2D eigenvalue weighted by Gasteiger charge is 2.25. The summed E-state index contributed by atoms with van der Waals surface area (Å²) in [5.41, 5.74) is 1.57. The molecule has 0 aliphatic carbocycles. The SMILES string of the molecule is Cc1ccc(Cn2c(O)c(C(=O)c3ccc(Br)cc3)c(C)c(C#N)c2=O)cc1. The molecule has 6 heteroatoms. The zero-order chi connectivity index (χ0) is 20.4. The average Bonchev–Trinajstić information content (AvgIpc) is 2.67. The fraction of sp³-hybridized carbons (Fsp3) is 0.136. The molecule has 3 rings (SSSR count). The zero-order valence-electron chi connectivity index (χ0n) is 15.4. The number of carbonyl (C=O) groups is 1. The Hall–Kier alpha value is -3.17. The largest absolute Gasteiger partial charge is 0.494 e. The molecular formula is C22H17BrN2O3. The number of aromatic nitrogens is 1. The molecule has 0 saturated heterocycles. The molecule has 140 valence electrons. The maximum atomic E-state index is 13.0. The summed E-state index contributed by atoms with van der Waals surface area (Å²) in [6.07, 6.45) is 0. The van der Waals surface area contributed by atoms with E-state index in [2.05, 4.69) is 15.9 Å². The fourth-order valence-electron chi connectivity index (χ4n) is 2.99. The minimum absolute atomic E-state index is 0.0365. The summed E-state index contributed by atoms with van der Waals surface area (Å²) >= 11 is 3.32. The van der Waals surface area contributed by atoms with E-state index in [0.29, 0.717) is 5.56 Å². The van der Waals surface area contributed by atoms with Crippen molar-refractivity contribution in [1.82, 2.24) is 4.57 Å². The molecule has 0 amide bonds. The van der Waals surface area contributed by atoms with Gasteiger partial charge in [-0.05, 0) is 49.2 Å². The van der Waals surface area contributed by atoms with Crippen LogP contribution in [0.1, 0.15) is 38.2 Å². The highest BCUT2D eigenvalue weighted by atomic mass is 79.9. The van der Waals surface area contributed by atoms with Crippen molar-refractivity contribution < 1.29 is 9.90 Å². The Kier molecular flexibility index (Phi) is 5.48. The molecule has 3 aromatic rings. The lowest BCUT2D eigenvalue weighted by atomic mass is 9.97. The van der Waals surface area contributed by atoms with Crippen LogP contribution in [-0.2, 0) is 6.54 Å². The molecule has 0 spiro atoms. The van der Waals surface area contributed by atoms with Gasteiger partial charge in [0.05, 0.1) is 12.1 Å². The number of halogens is 1. The lowest BCUT2D eigenvalue weighted by Gasteiger charge is -2.16. The standard InChI is InChI=1S/C22H17BrN2O3/c1-13-3-5-15(6-4-13)12-25-21(27)18(11-24)14(2)19(22(25)28)20(26)16-7-9-17(23)10-8-16/h3-10,28H,12H2,1-2H3. The zero-order valence-corrected chi connectivity index (χ0v) is 16.9. The van der Waals surface area contributed by atoms with Crippen LogP contribution in [0.5, 0.6) is 5.88 Å². The summed E-state index contributed by atoms with van der Waals surface area (Å²) in [6, 6.07) is 16.0. The van der Waals surface area contributed by atoms with Crippen LogP contribution in [0.3, 0.4) is 0 Å². The first-order chi connectivity index (χ1) is 13.3. The van der Waals surface area contributed by atoms with Gasteiger partial charge in [0.1, 0.15) is 11.6 Å². The molecule has 0 unspecified atom stereocenters. The van der Waals surface area contributed by atoms with Gasteiger partial charge in [0.25, 0.3) is 5.56 Å². The van der Waals surface area contributed by atoms with E-state index in [0.717, 1.165) is 20.2 Å². The molecule has 0 aliphatic rings. The molecule has 0 radical (unpaired) electrons. The molecule has 0 fully saturated rings. The van der Waals surface area contributed by atoms with Crippen LogP contribution in [0.25, 0.3) is 0 Å². The van der Waals surface area contributed by atoms with Gasteiger partial charge in [0, 0.05) is 10.0 Å². The minimum Gasteiger partial charge on any atom is -0.494 e. The number of nitrogens with zero attached hydrogens (tertiary/aromatic N) is 2. The molecule has 0 saturated carbocycles. The predicted molar refractivity (Wildman–Crippen MR) is 110 cm³/mol. The average molecular weight is 437 g/mol. The molecule has 1 heterocycles. The Labute approximate surface area is 170 Å². The van der Waals surface area contributed by atoms with Crippen LogP contribution in [0.4, 0.5) is 0 Å². The van der Waals surface area contributed by atoms with Gasteiger partial charge in [-0.1, -0.05) is 45.8 Å². The van der Waals surface area contributed by atoms with E-state index in [1.807, 2.05) is 37.3 Å². The summed E-state index contributed by atoms with van der Waals surface area (Å²) < 4.78 is 1.88. The second-order valence-electron chi connectivity index (χ2n) is 6.52. The molecule has 2 aromatic carbocycles. The summed E-state index contributed by atoms with van der Waals surface area (Å²) in [7, 11) is 0. The van der Waals surface area contributed by atoms with Crippen molar-refractivity contribution in [2.45, 2.75) is 20.4 Å². The number of hydrogen-bond donors (Lipinski definition) is 1. The van der Waals surface area contributed by atoms with Gasteiger partial charge in [-0.25, -0.2) is 0 Å². The number of aromatic hydroxyl groups is 1. The fourth-order valence-corrected chi connectivity index (χ4v) is 3.26. The third kappa shape index (κ3) is 3.62. The molecule has 0 atom stereocenters. The van der Waals surface area contributed by atoms with E-state index < -0.39 is 17.2 Å². The van der Waals surface area contributed by atoms with E-state index in [9.17, 15) is 20.0 Å². The van der Waals surface area contributed by atoms with Gasteiger partial charge in [-0.15, -0.1) is 0 Å². The molecule has 5 nitrogen and oxygen atoms in total. The van der Waals surface area contributed by atoms with Gasteiger partial charge < -0.3 is 5.11 Å². The topological polar surface area (TPSA) is 83.1 Å². The second-order valence-corrected chi connectivity index (χ2v) is 7.44. The van der Waals surface area contributed by atoms with E-state index in [4.69, 9.17) is 0 Å². The summed E-state index contributed by atoms with van der Waals surface area (Å²) in [5.74, 6) is -0.883. The van der Waals surface area contributed by atoms with E-state index in [-0.39, 0.29) is 23.2 Å². The maximum Gasteiger partial charge on any atom is 0.271 e. The van der Waals surface area contributed by atoms with Gasteiger partial charge in [0.2, 0.25) is 5.88 Å². The van der Waals surface area contributed by atoms with Gasteiger partial charge >= 0.3 is 0 Å². The van der Waals surface area contributed by atoms with Crippen LogP contribution >= 0.6 is 15.9 Å². The van der Waals surface area contributed by atoms with Crippen molar-refractivity contribution in [2.24, 2.45) is 0 Å². The third-order valence-corrected chi connectivity index (χ3v) is 5.12. The van der Waals surface area contributed by atoms with Crippen LogP contribution in [0.15, 0.2) is 57.8 Å². The van der Waals surface area contributed by atoms with Gasteiger partial charge in [-0.3, -0.25) is 14.2 Å². The second kappa shape index (κ2) is 7.83. The smallest absolute Gasteiger partial charge is 0.271 e. The highest BCUT2D eigenvalue weighted by molar-refractivity contribution is 9.10. The van der Waals surface area contributed by atoms with Crippen molar-refractivity contribution >= 4 is 21.7 Å².